The maximum Gasteiger partial charge on any atom is 0.0445 e. The highest BCUT2D eigenvalue weighted by molar-refractivity contribution is 5.32. The first-order valence-electron chi connectivity index (χ1n) is 7.27. The van der Waals surface area contributed by atoms with Crippen LogP contribution in [0.5, 0.6) is 0 Å². The zero-order valence-electron chi connectivity index (χ0n) is 11.4. The second kappa shape index (κ2) is 6.91. The average Bonchev–Trinajstić information content (AvgIpc) is 2.43. The fraction of sp³-hybridized carbons (Fsp3) is 0.625. The van der Waals surface area contributed by atoms with Crippen LogP contribution < -0.4 is 5.32 Å². The van der Waals surface area contributed by atoms with Gasteiger partial charge in [-0.15, -0.1) is 0 Å². The molecule has 1 aromatic rings. The van der Waals surface area contributed by atoms with Gasteiger partial charge in [-0.25, -0.2) is 0 Å². The van der Waals surface area contributed by atoms with Gasteiger partial charge in [0, 0.05) is 19.2 Å². The molecular formula is C16H25NO. The van der Waals surface area contributed by atoms with Crippen molar-refractivity contribution < 1.29 is 5.11 Å². The zero-order chi connectivity index (χ0) is 12.8. The number of aliphatic hydroxyl groups excluding tert-OH is 1. The number of aryl methyl sites for hydroxylation is 1. The molecule has 2 heteroatoms. The second-order valence-corrected chi connectivity index (χ2v) is 5.31. The smallest absolute Gasteiger partial charge is 0.0445 e. The highest BCUT2D eigenvalue weighted by atomic mass is 16.3. The molecule has 2 nitrogen and oxygen atoms in total. The number of rotatable bonds is 6. The molecule has 0 fully saturated rings. The highest BCUT2D eigenvalue weighted by Crippen LogP contribution is 2.30. The molecule has 2 unspecified atom stereocenters. The number of hydrogen-bond donors (Lipinski definition) is 2. The topological polar surface area (TPSA) is 32.3 Å². The summed E-state index contributed by atoms with van der Waals surface area (Å²) in [6, 6.07) is 9.32. The van der Waals surface area contributed by atoms with Gasteiger partial charge in [0.2, 0.25) is 0 Å². The third kappa shape index (κ3) is 3.33. The van der Waals surface area contributed by atoms with Gasteiger partial charge in [0.1, 0.15) is 0 Å². The van der Waals surface area contributed by atoms with E-state index in [2.05, 4.69) is 36.5 Å². The lowest BCUT2D eigenvalue weighted by Gasteiger charge is -2.27. The van der Waals surface area contributed by atoms with E-state index < -0.39 is 0 Å². The van der Waals surface area contributed by atoms with Crippen molar-refractivity contribution in [3.63, 3.8) is 0 Å². The van der Waals surface area contributed by atoms with Crippen molar-refractivity contribution in [1.82, 2.24) is 5.32 Å². The summed E-state index contributed by atoms with van der Waals surface area (Å²) in [5.41, 5.74) is 3.07. The summed E-state index contributed by atoms with van der Waals surface area (Å²) < 4.78 is 0. The van der Waals surface area contributed by atoms with Crippen molar-refractivity contribution in [1.29, 1.82) is 0 Å². The van der Waals surface area contributed by atoms with Crippen LogP contribution in [-0.2, 0) is 6.42 Å². The van der Waals surface area contributed by atoms with Crippen LogP contribution in [0.1, 0.15) is 49.7 Å². The number of hydrogen-bond acceptors (Lipinski definition) is 2. The van der Waals surface area contributed by atoms with Crippen LogP contribution in [0, 0.1) is 0 Å². The summed E-state index contributed by atoms with van der Waals surface area (Å²) in [7, 11) is 0. The summed E-state index contributed by atoms with van der Waals surface area (Å²) >= 11 is 0. The van der Waals surface area contributed by atoms with Gasteiger partial charge in [0.25, 0.3) is 0 Å². The Balaban J connectivity index is 1.94. The number of benzene rings is 1. The fourth-order valence-electron chi connectivity index (χ4n) is 2.98. The molecule has 18 heavy (non-hydrogen) atoms. The van der Waals surface area contributed by atoms with Gasteiger partial charge in [0.05, 0.1) is 0 Å². The molecule has 0 saturated heterocycles. The Bertz CT molecular complexity index is 364. The molecule has 2 atom stereocenters. The van der Waals surface area contributed by atoms with Crippen LogP contribution >= 0.6 is 0 Å². The Labute approximate surface area is 110 Å². The molecule has 2 rings (SSSR count). The lowest BCUT2D eigenvalue weighted by molar-refractivity contribution is 0.260. The van der Waals surface area contributed by atoms with E-state index in [9.17, 15) is 0 Å². The Morgan fingerprint density at radius 1 is 1.39 bits per heavy atom. The number of aliphatic hydroxyl groups is 1. The summed E-state index contributed by atoms with van der Waals surface area (Å²) in [6.45, 7) is 3.52. The van der Waals surface area contributed by atoms with Gasteiger partial charge < -0.3 is 10.4 Å². The zero-order valence-corrected chi connectivity index (χ0v) is 11.4. The molecule has 0 heterocycles. The summed E-state index contributed by atoms with van der Waals surface area (Å²) in [4.78, 5) is 0. The predicted octanol–water partition coefficient (Wildman–Crippen LogP) is 2.86. The quantitative estimate of drug-likeness (QED) is 0.810. The van der Waals surface area contributed by atoms with Gasteiger partial charge in [-0.05, 0) is 49.1 Å². The normalized spacial score (nSPS) is 20.4. The molecule has 1 aliphatic rings. The van der Waals surface area contributed by atoms with Gasteiger partial charge in [-0.3, -0.25) is 0 Å². The van der Waals surface area contributed by atoms with Gasteiger partial charge >= 0.3 is 0 Å². The first-order valence-corrected chi connectivity index (χ1v) is 7.27. The predicted molar refractivity (Wildman–Crippen MR) is 75.9 cm³/mol. The molecule has 0 amide bonds. The standard InChI is InChI=1S/C16H25NO/c1-2-15(10-11-18)17-12-14-8-5-7-13-6-3-4-9-16(13)14/h3-4,6,9,14-15,17-18H,2,5,7-8,10-12H2,1H3. The van der Waals surface area contributed by atoms with Crippen LogP contribution in [0.2, 0.25) is 0 Å². The Hall–Kier alpha value is -0.860. The average molecular weight is 247 g/mol. The molecule has 2 N–H and O–H groups in total. The van der Waals surface area contributed by atoms with Crippen LogP contribution in [0.15, 0.2) is 24.3 Å². The molecule has 100 valence electrons. The van der Waals surface area contributed by atoms with Gasteiger partial charge in [0.15, 0.2) is 0 Å². The molecular weight excluding hydrogens is 222 g/mol. The van der Waals surface area contributed by atoms with E-state index in [1.807, 2.05) is 0 Å². The Kier molecular flexibility index (Phi) is 5.21. The van der Waals surface area contributed by atoms with E-state index in [4.69, 9.17) is 5.11 Å². The molecule has 0 radical (unpaired) electrons. The van der Waals surface area contributed by atoms with E-state index in [0.29, 0.717) is 12.0 Å². The van der Waals surface area contributed by atoms with E-state index in [0.717, 1.165) is 19.4 Å². The SMILES string of the molecule is CCC(CCO)NCC1CCCc2ccccc21. The van der Waals surface area contributed by atoms with Crippen molar-refractivity contribution in [3.05, 3.63) is 35.4 Å². The van der Waals surface area contributed by atoms with E-state index in [1.165, 1.54) is 30.4 Å². The van der Waals surface area contributed by atoms with Crippen molar-refractivity contribution >= 4 is 0 Å². The molecule has 0 bridgehead atoms. The molecule has 0 aromatic heterocycles. The molecule has 1 aliphatic carbocycles. The maximum atomic E-state index is 9.02. The summed E-state index contributed by atoms with van der Waals surface area (Å²) in [5, 5.41) is 12.6. The lowest BCUT2D eigenvalue weighted by atomic mass is 9.82. The first kappa shape index (κ1) is 13.6. The largest absolute Gasteiger partial charge is 0.396 e. The van der Waals surface area contributed by atoms with Crippen molar-refractivity contribution in [3.8, 4) is 0 Å². The van der Waals surface area contributed by atoms with Crippen molar-refractivity contribution in [2.45, 2.75) is 51.0 Å². The Morgan fingerprint density at radius 2 is 2.22 bits per heavy atom. The lowest BCUT2D eigenvalue weighted by Crippen LogP contribution is -2.34. The Morgan fingerprint density at radius 3 is 3.00 bits per heavy atom. The summed E-state index contributed by atoms with van der Waals surface area (Å²) in [5.74, 6) is 0.655. The number of fused-ring (bicyclic) bond motifs is 1. The van der Waals surface area contributed by atoms with Crippen molar-refractivity contribution in [2.75, 3.05) is 13.2 Å². The third-order valence-corrected chi connectivity index (χ3v) is 4.12. The van der Waals surface area contributed by atoms with Crippen molar-refractivity contribution in [2.24, 2.45) is 0 Å². The number of nitrogens with one attached hydrogen (secondary N) is 1. The molecule has 0 spiro atoms. The monoisotopic (exact) mass is 247 g/mol. The molecule has 1 aromatic carbocycles. The molecule has 0 aliphatic heterocycles. The van der Waals surface area contributed by atoms with Crippen LogP contribution in [0.3, 0.4) is 0 Å². The maximum absolute atomic E-state index is 9.02. The summed E-state index contributed by atoms with van der Waals surface area (Å²) in [6.07, 6.45) is 5.79. The fourth-order valence-corrected chi connectivity index (χ4v) is 2.98. The second-order valence-electron chi connectivity index (χ2n) is 5.31. The van der Waals surface area contributed by atoms with Crippen LogP contribution in [0.4, 0.5) is 0 Å². The van der Waals surface area contributed by atoms with Gasteiger partial charge in [-0.2, -0.15) is 0 Å². The minimum atomic E-state index is 0.284. The first-order chi connectivity index (χ1) is 8.85. The van der Waals surface area contributed by atoms with Crippen LogP contribution in [-0.4, -0.2) is 24.3 Å². The minimum absolute atomic E-state index is 0.284. The minimum Gasteiger partial charge on any atom is -0.396 e. The highest BCUT2D eigenvalue weighted by Gasteiger charge is 2.20. The van der Waals surface area contributed by atoms with Gasteiger partial charge in [-0.1, -0.05) is 31.2 Å². The molecule has 0 saturated carbocycles. The van der Waals surface area contributed by atoms with Crippen LogP contribution in [0.25, 0.3) is 0 Å². The van der Waals surface area contributed by atoms with E-state index in [1.54, 1.807) is 0 Å². The van der Waals surface area contributed by atoms with E-state index in [-0.39, 0.29) is 6.61 Å². The third-order valence-electron chi connectivity index (χ3n) is 4.12. The van der Waals surface area contributed by atoms with E-state index >= 15 is 0 Å².